The van der Waals surface area contributed by atoms with E-state index in [1.54, 1.807) is 0 Å². The molecule has 0 aromatic carbocycles. The second-order valence-corrected chi connectivity index (χ2v) is 5.78. The molecular weight excluding hydrogens is 237 g/mol. The molecule has 2 aliphatic rings. The van der Waals surface area contributed by atoms with Gasteiger partial charge in [-0.3, -0.25) is 9.34 Å². The minimum atomic E-state index is -0.146. The number of nitriles is 1. The van der Waals surface area contributed by atoms with Crippen LogP contribution in [0.2, 0.25) is 0 Å². The number of rotatable bonds is 5. The highest BCUT2D eigenvalue weighted by Crippen LogP contribution is 2.29. The fourth-order valence-corrected chi connectivity index (χ4v) is 3.40. The first kappa shape index (κ1) is 13.2. The van der Waals surface area contributed by atoms with Crippen molar-refractivity contribution in [2.24, 2.45) is 0 Å². The van der Waals surface area contributed by atoms with E-state index in [0.29, 0.717) is 13.0 Å². The molecule has 2 unspecified atom stereocenters. The van der Waals surface area contributed by atoms with Crippen molar-refractivity contribution in [1.82, 2.24) is 9.34 Å². The molecule has 2 rings (SSSR count). The van der Waals surface area contributed by atoms with Crippen molar-refractivity contribution in [3.8, 4) is 6.07 Å². The van der Waals surface area contributed by atoms with Gasteiger partial charge in [0.2, 0.25) is 0 Å². The highest BCUT2D eigenvalue weighted by Gasteiger charge is 2.23. The average Bonchev–Trinajstić information content (AvgIpc) is 2.83. The molecule has 0 saturated carbocycles. The van der Waals surface area contributed by atoms with E-state index in [4.69, 9.17) is 14.7 Å². The fourth-order valence-electron chi connectivity index (χ4n) is 2.06. The van der Waals surface area contributed by atoms with Crippen LogP contribution in [0.4, 0.5) is 0 Å². The van der Waals surface area contributed by atoms with Gasteiger partial charge in [0.25, 0.3) is 0 Å². The molecule has 0 amide bonds. The Hall–Kier alpha value is -0.240. The number of nitrogens with zero attached hydrogens (tertiary/aromatic N) is 3. The largest absolute Gasteiger partial charge is 0.350 e. The molecule has 0 aromatic rings. The molecule has 0 aromatic heterocycles. The second-order valence-electron chi connectivity index (χ2n) is 4.32. The zero-order valence-corrected chi connectivity index (χ0v) is 11.1. The summed E-state index contributed by atoms with van der Waals surface area (Å²) in [5, 5.41) is 8.45. The van der Waals surface area contributed by atoms with E-state index in [2.05, 4.69) is 15.4 Å². The molecule has 17 heavy (non-hydrogen) atoms. The Bertz CT molecular complexity index is 266. The maximum Gasteiger partial charge on any atom is 0.170 e. The van der Waals surface area contributed by atoms with Gasteiger partial charge in [0.05, 0.1) is 32.2 Å². The number of ether oxygens (including phenoxy) is 2. The Morgan fingerprint density at radius 1 is 1.29 bits per heavy atom. The molecule has 0 radical (unpaired) electrons. The Morgan fingerprint density at radius 2 is 2.12 bits per heavy atom. The van der Waals surface area contributed by atoms with Gasteiger partial charge in [0.1, 0.15) is 0 Å². The third-order valence-corrected chi connectivity index (χ3v) is 4.36. The van der Waals surface area contributed by atoms with Crippen LogP contribution < -0.4 is 0 Å². The van der Waals surface area contributed by atoms with Gasteiger partial charge in [-0.1, -0.05) is 0 Å². The first-order valence-corrected chi connectivity index (χ1v) is 7.14. The van der Waals surface area contributed by atoms with E-state index in [9.17, 15) is 0 Å². The van der Waals surface area contributed by atoms with E-state index < -0.39 is 0 Å². The molecule has 2 saturated heterocycles. The second kappa shape index (κ2) is 7.25. The number of morpholine rings is 1. The molecule has 6 heteroatoms. The van der Waals surface area contributed by atoms with Crippen LogP contribution >= 0.6 is 8.88 Å². The van der Waals surface area contributed by atoms with E-state index in [1.165, 1.54) is 25.9 Å². The van der Waals surface area contributed by atoms with E-state index in [1.807, 2.05) is 0 Å². The van der Waals surface area contributed by atoms with Crippen molar-refractivity contribution >= 4 is 8.88 Å². The number of hydrogen-bond acceptors (Lipinski definition) is 5. The van der Waals surface area contributed by atoms with Crippen molar-refractivity contribution in [2.75, 3.05) is 39.4 Å². The summed E-state index contributed by atoms with van der Waals surface area (Å²) in [5.41, 5.74) is 0. The highest BCUT2D eigenvalue weighted by atomic mass is 31.1. The van der Waals surface area contributed by atoms with Crippen molar-refractivity contribution < 1.29 is 9.47 Å². The minimum Gasteiger partial charge on any atom is -0.350 e. The van der Waals surface area contributed by atoms with E-state index in [-0.39, 0.29) is 6.29 Å². The molecule has 2 fully saturated rings. The van der Waals surface area contributed by atoms with Crippen LogP contribution in [0.5, 0.6) is 0 Å². The van der Waals surface area contributed by atoms with E-state index >= 15 is 0 Å². The Kier molecular flexibility index (Phi) is 5.63. The lowest BCUT2D eigenvalue weighted by atomic mass is 10.4. The lowest BCUT2D eigenvalue weighted by Gasteiger charge is -2.34. The molecule has 0 aliphatic carbocycles. The van der Waals surface area contributed by atoms with Crippen LogP contribution in [0.25, 0.3) is 0 Å². The SMILES string of the molecule is N#CCCOC1CN(PN2CCCC2)CCO1. The molecule has 2 aliphatic heterocycles. The summed E-state index contributed by atoms with van der Waals surface area (Å²) in [7, 11) is 0.768. The third kappa shape index (κ3) is 4.50. The van der Waals surface area contributed by atoms with Crippen LogP contribution in [0.1, 0.15) is 19.3 Å². The molecule has 2 heterocycles. The number of hydrogen-bond donors (Lipinski definition) is 0. The molecule has 2 atom stereocenters. The first-order valence-electron chi connectivity index (χ1n) is 6.25. The van der Waals surface area contributed by atoms with Crippen LogP contribution in [0, 0.1) is 11.3 Å². The zero-order chi connectivity index (χ0) is 11.9. The predicted octanol–water partition coefficient (Wildman–Crippen LogP) is 1.18. The van der Waals surface area contributed by atoms with Crippen LogP contribution in [0.3, 0.4) is 0 Å². The summed E-state index contributed by atoms with van der Waals surface area (Å²) in [6.07, 6.45) is 2.96. The Balaban J connectivity index is 1.67. The summed E-state index contributed by atoms with van der Waals surface area (Å²) in [6, 6.07) is 2.08. The topological polar surface area (TPSA) is 48.7 Å². The van der Waals surface area contributed by atoms with Gasteiger partial charge in [-0.25, -0.2) is 0 Å². The normalized spacial score (nSPS) is 27.8. The van der Waals surface area contributed by atoms with Gasteiger partial charge in [0, 0.05) is 28.5 Å². The quantitative estimate of drug-likeness (QED) is 0.547. The average molecular weight is 257 g/mol. The van der Waals surface area contributed by atoms with Crippen LogP contribution in [0.15, 0.2) is 0 Å². The lowest BCUT2D eigenvalue weighted by Crippen LogP contribution is -2.40. The van der Waals surface area contributed by atoms with Gasteiger partial charge >= 0.3 is 0 Å². The van der Waals surface area contributed by atoms with Gasteiger partial charge in [-0.05, 0) is 12.8 Å². The minimum absolute atomic E-state index is 0.146. The third-order valence-electron chi connectivity index (χ3n) is 2.94. The van der Waals surface area contributed by atoms with Crippen molar-refractivity contribution in [3.63, 3.8) is 0 Å². The summed E-state index contributed by atoms with van der Waals surface area (Å²) < 4.78 is 16.0. The zero-order valence-electron chi connectivity index (χ0n) is 10.1. The Labute approximate surface area is 105 Å². The molecule has 96 valence electrons. The Morgan fingerprint density at radius 3 is 2.88 bits per heavy atom. The highest BCUT2D eigenvalue weighted by molar-refractivity contribution is 7.32. The lowest BCUT2D eigenvalue weighted by molar-refractivity contribution is -0.166. The van der Waals surface area contributed by atoms with Crippen molar-refractivity contribution in [3.05, 3.63) is 0 Å². The smallest absolute Gasteiger partial charge is 0.170 e. The van der Waals surface area contributed by atoms with Gasteiger partial charge in [-0.15, -0.1) is 0 Å². The molecule has 0 spiro atoms. The monoisotopic (exact) mass is 257 g/mol. The predicted molar refractivity (Wildman–Crippen MR) is 66.6 cm³/mol. The van der Waals surface area contributed by atoms with Gasteiger partial charge in [-0.2, -0.15) is 5.26 Å². The molecular formula is C11H20N3O2P. The van der Waals surface area contributed by atoms with E-state index in [0.717, 1.165) is 28.6 Å². The van der Waals surface area contributed by atoms with Crippen molar-refractivity contribution in [1.29, 1.82) is 5.26 Å². The molecule has 5 nitrogen and oxygen atoms in total. The molecule has 0 N–H and O–H groups in total. The van der Waals surface area contributed by atoms with Crippen molar-refractivity contribution in [2.45, 2.75) is 25.6 Å². The summed E-state index contributed by atoms with van der Waals surface area (Å²) in [6.45, 7) is 5.50. The van der Waals surface area contributed by atoms with Crippen LogP contribution in [-0.4, -0.2) is 55.0 Å². The maximum absolute atomic E-state index is 8.45. The first-order chi connectivity index (χ1) is 8.38. The molecule has 0 bridgehead atoms. The summed E-state index contributed by atoms with van der Waals surface area (Å²) in [4.78, 5) is 0. The summed E-state index contributed by atoms with van der Waals surface area (Å²) in [5.74, 6) is 0. The fraction of sp³-hybridized carbons (Fsp3) is 0.909. The maximum atomic E-state index is 8.45. The van der Waals surface area contributed by atoms with Crippen LogP contribution in [-0.2, 0) is 9.47 Å². The standard InChI is InChI=1S/C11H20N3O2P/c12-4-3-8-15-11-10-14(7-9-16-11)17-13-5-1-2-6-13/h11,17H,1-3,5-10H2. The van der Waals surface area contributed by atoms with Gasteiger partial charge in [0.15, 0.2) is 6.29 Å². The van der Waals surface area contributed by atoms with Gasteiger partial charge < -0.3 is 9.47 Å². The summed E-state index contributed by atoms with van der Waals surface area (Å²) >= 11 is 0.